The quantitative estimate of drug-likeness (QED) is 0.412. The summed E-state index contributed by atoms with van der Waals surface area (Å²) in [6, 6.07) is 10.4. The summed E-state index contributed by atoms with van der Waals surface area (Å²) in [7, 11) is 1.26. The van der Waals surface area contributed by atoms with E-state index >= 15 is 0 Å². The Kier molecular flexibility index (Phi) is 5.52. The number of anilines is 1. The first-order chi connectivity index (χ1) is 16.8. The van der Waals surface area contributed by atoms with Crippen LogP contribution in [-0.2, 0) is 4.74 Å². The van der Waals surface area contributed by atoms with Crippen molar-refractivity contribution in [2.24, 2.45) is 0 Å². The Morgan fingerprint density at radius 2 is 2.00 bits per heavy atom. The van der Waals surface area contributed by atoms with E-state index in [1.807, 2.05) is 0 Å². The molecule has 0 saturated carbocycles. The maximum atomic E-state index is 13.7. The van der Waals surface area contributed by atoms with Crippen LogP contribution in [0.3, 0.4) is 0 Å². The van der Waals surface area contributed by atoms with E-state index in [2.05, 4.69) is 4.98 Å². The van der Waals surface area contributed by atoms with Gasteiger partial charge in [0.2, 0.25) is 5.76 Å². The molecule has 9 nitrogen and oxygen atoms in total. The lowest BCUT2D eigenvalue weighted by atomic mass is 9.98. The van der Waals surface area contributed by atoms with E-state index in [4.69, 9.17) is 13.9 Å². The molecule has 1 atom stereocenters. The zero-order chi connectivity index (χ0) is 24.9. The lowest BCUT2D eigenvalue weighted by molar-refractivity contribution is 0.0605. The fourth-order valence-corrected chi connectivity index (χ4v) is 5.18. The number of aryl methyl sites for hydroxylation is 1. The monoisotopic (exact) mass is 492 g/mol. The van der Waals surface area contributed by atoms with Crippen LogP contribution in [-0.4, -0.2) is 35.7 Å². The van der Waals surface area contributed by atoms with Crippen LogP contribution in [0.25, 0.3) is 11.0 Å². The molecule has 0 spiro atoms. The van der Waals surface area contributed by atoms with Gasteiger partial charge in [0.15, 0.2) is 22.1 Å². The van der Waals surface area contributed by atoms with Crippen LogP contribution in [0, 0.1) is 6.92 Å². The smallest absolute Gasteiger partial charge is 0.350 e. The summed E-state index contributed by atoms with van der Waals surface area (Å²) >= 11 is 0.985. The Labute approximate surface area is 203 Å². The molecule has 178 valence electrons. The number of hydrogen-bond acceptors (Lipinski definition) is 9. The molecule has 1 aliphatic heterocycles. The van der Waals surface area contributed by atoms with E-state index in [1.54, 1.807) is 50.2 Å². The Morgan fingerprint density at radius 1 is 1.23 bits per heavy atom. The second kappa shape index (κ2) is 8.55. The number of esters is 1. The van der Waals surface area contributed by atoms with Crippen LogP contribution in [0.1, 0.15) is 50.0 Å². The molecule has 1 N–H and O–H groups in total. The number of ether oxygens (including phenoxy) is 2. The Hall–Kier alpha value is -4.18. The van der Waals surface area contributed by atoms with Crippen molar-refractivity contribution in [2.75, 3.05) is 18.6 Å². The topological polar surface area (TPSA) is 119 Å². The van der Waals surface area contributed by atoms with Crippen molar-refractivity contribution in [3.05, 3.63) is 80.1 Å². The van der Waals surface area contributed by atoms with Gasteiger partial charge in [-0.1, -0.05) is 29.5 Å². The third-order valence-corrected chi connectivity index (χ3v) is 6.88. The first kappa shape index (κ1) is 22.6. The number of phenols is 1. The number of fused-ring (bicyclic) bond motifs is 2. The molecule has 1 unspecified atom stereocenters. The summed E-state index contributed by atoms with van der Waals surface area (Å²) in [4.78, 5) is 45.5. The molecule has 4 aromatic rings. The molecule has 0 fully saturated rings. The molecule has 3 heterocycles. The number of rotatable bonds is 5. The summed E-state index contributed by atoms with van der Waals surface area (Å²) in [6.45, 7) is 3.72. The van der Waals surface area contributed by atoms with Gasteiger partial charge < -0.3 is 19.0 Å². The molecule has 0 saturated heterocycles. The molecule has 0 radical (unpaired) electrons. The highest BCUT2D eigenvalue weighted by Crippen LogP contribution is 2.44. The molecule has 2 aromatic heterocycles. The second-order valence-electron chi connectivity index (χ2n) is 7.81. The molecule has 0 aliphatic carbocycles. The first-order valence-electron chi connectivity index (χ1n) is 10.8. The van der Waals surface area contributed by atoms with Crippen molar-refractivity contribution in [3.63, 3.8) is 0 Å². The molecule has 10 heteroatoms. The molecular weight excluding hydrogens is 472 g/mol. The largest absolute Gasteiger partial charge is 0.504 e. The van der Waals surface area contributed by atoms with Crippen molar-refractivity contribution in [1.82, 2.24) is 4.98 Å². The number of nitrogens with zero attached hydrogens (tertiary/aromatic N) is 2. The number of aromatic nitrogens is 1. The summed E-state index contributed by atoms with van der Waals surface area (Å²) in [5.41, 5.74) is 0.985. The van der Waals surface area contributed by atoms with E-state index in [-0.39, 0.29) is 43.8 Å². The lowest BCUT2D eigenvalue weighted by Crippen LogP contribution is -2.29. The Balaban J connectivity index is 1.78. The van der Waals surface area contributed by atoms with E-state index in [9.17, 15) is 19.5 Å². The van der Waals surface area contributed by atoms with Crippen molar-refractivity contribution >= 4 is 39.3 Å². The zero-order valence-corrected chi connectivity index (χ0v) is 19.8. The number of aromatic hydroxyl groups is 1. The zero-order valence-electron chi connectivity index (χ0n) is 19.0. The SMILES string of the molecule is CCOc1cc(C2c3c(oc4ccccc4c3=O)C(=O)N2c2nc(C)c(C(=O)OC)s2)ccc1O. The molecule has 5 rings (SSSR count). The van der Waals surface area contributed by atoms with E-state index < -0.39 is 17.9 Å². The van der Waals surface area contributed by atoms with Gasteiger partial charge in [-0.15, -0.1) is 0 Å². The van der Waals surface area contributed by atoms with Gasteiger partial charge in [-0.2, -0.15) is 0 Å². The normalized spacial score (nSPS) is 14.9. The lowest BCUT2D eigenvalue weighted by Gasteiger charge is -2.23. The highest BCUT2D eigenvalue weighted by atomic mass is 32.1. The summed E-state index contributed by atoms with van der Waals surface area (Å²) in [6.07, 6.45) is 0. The fourth-order valence-electron chi connectivity index (χ4n) is 4.17. The highest BCUT2D eigenvalue weighted by molar-refractivity contribution is 7.17. The van der Waals surface area contributed by atoms with Crippen LogP contribution < -0.4 is 15.1 Å². The molecular formula is C25H20N2O7S. The van der Waals surface area contributed by atoms with Gasteiger partial charge in [0, 0.05) is 0 Å². The summed E-state index contributed by atoms with van der Waals surface area (Å²) < 4.78 is 16.3. The van der Waals surface area contributed by atoms with Crippen molar-refractivity contribution < 1.29 is 28.6 Å². The van der Waals surface area contributed by atoms with Crippen molar-refractivity contribution in [3.8, 4) is 11.5 Å². The number of methoxy groups -OCH3 is 1. The number of benzene rings is 2. The third kappa shape index (κ3) is 3.53. The molecule has 1 aliphatic rings. The average Bonchev–Trinajstić information content (AvgIpc) is 3.37. The Morgan fingerprint density at radius 3 is 2.74 bits per heavy atom. The number of carbonyl (C=O) groups is 2. The second-order valence-corrected chi connectivity index (χ2v) is 8.79. The van der Waals surface area contributed by atoms with E-state index in [0.29, 0.717) is 23.3 Å². The summed E-state index contributed by atoms with van der Waals surface area (Å²) in [5.74, 6) is -1.10. The number of carbonyl (C=O) groups excluding carboxylic acids is 2. The van der Waals surface area contributed by atoms with Gasteiger partial charge in [0.1, 0.15) is 10.5 Å². The van der Waals surface area contributed by atoms with Crippen LogP contribution in [0.2, 0.25) is 0 Å². The molecule has 35 heavy (non-hydrogen) atoms. The summed E-state index contributed by atoms with van der Waals surface area (Å²) in [5, 5.41) is 10.8. The van der Waals surface area contributed by atoms with Gasteiger partial charge in [-0.3, -0.25) is 14.5 Å². The first-order valence-corrected chi connectivity index (χ1v) is 11.6. The molecule has 1 amide bonds. The van der Waals surface area contributed by atoms with E-state index in [0.717, 1.165) is 11.3 Å². The minimum atomic E-state index is -0.922. The Bertz CT molecular complexity index is 1560. The fraction of sp³-hybridized carbons (Fsp3) is 0.200. The minimum Gasteiger partial charge on any atom is -0.504 e. The minimum absolute atomic E-state index is 0.0738. The van der Waals surface area contributed by atoms with Gasteiger partial charge in [0.25, 0.3) is 5.91 Å². The van der Waals surface area contributed by atoms with E-state index in [1.165, 1.54) is 18.1 Å². The number of phenolic OH excluding ortho intramolecular Hbond substituents is 1. The number of thiazole rings is 1. The number of para-hydroxylation sites is 1. The third-order valence-electron chi connectivity index (χ3n) is 5.74. The highest BCUT2D eigenvalue weighted by Gasteiger charge is 2.45. The van der Waals surface area contributed by atoms with Crippen LogP contribution in [0.15, 0.2) is 51.7 Å². The van der Waals surface area contributed by atoms with Gasteiger partial charge in [0.05, 0.1) is 36.4 Å². The van der Waals surface area contributed by atoms with Crippen LogP contribution >= 0.6 is 11.3 Å². The van der Waals surface area contributed by atoms with Crippen LogP contribution in [0.5, 0.6) is 11.5 Å². The predicted molar refractivity (Wildman–Crippen MR) is 129 cm³/mol. The maximum Gasteiger partial charge on any atom is 0.350 e. The van der Waals surface area contributed by atoms with Gasteiger partial charge in [-0.05, 0) is 43.7 Å². The molecule has 0 bridgehead atoms. The van der Waals surface area contributed by atoms with Crippen LogP contribution in [0.4, 0.5) is 5.13 Å². The predicted octanol–water partition coefficient (Wildman–Crippen LogP) is 4.20. The molecule has 2 aromatic carbocycles. The number of hydrogen-bond donors (Lipinski definition) is 1. The average molecular weight is 493 g/mol. The van der Waals surface area contributed by atoms with Crippen molar-refractivity contribution in [1.29, 1.82) is 0 Å². The van der Waals surface area contributed by atoms with Gasteiger partial charge >= 0.3 is 5.97 Å². The van der Waals surface area contributed by atoms with Crippen molar-refractivity contribution in [2.45, 2.75) is 19.9 Å². The maximum absolute atomic E-state index is 13.7. The number of amides is 1. The standard InChI is InChI=1S/C25H20N2O7S/c1-4-33-17-11-13(9-10-15(17)28)19-18-20(29)14-7-5-6-8-16(14)34-21(18)23(30)27(19)25-26-12(2)22(35-25)24(31)32-3/h5-11,19,28H,4H2,1-3H3. The van der Waals surface area contributed by atoms with Gasteiger partial charge in [-0.25, -0.2) is 9.78 Å².